The van der Waals surface area contributed by atoms with Crippen LogP contribution in [0, 0.1) is 24.3 Å². The Bertz CT molecular complexity index is 882. The van der Waals surface area contributed by atoms with Crippen LogP contribution in [0.2, 0.25) is 0 Å². The fourth-order valence-corrected chi connectivity index (χ4v) is 4.26. The zero-order chi connectivity index (χ0) is 19.3. The van der Waals surface area contributed by atoms with Gasteiger partial charge in [0.05, 0.1) is 7.14 Å². The highest BCUT2D eigenvalue weighted by molar-refractivity contribution is 14.1. The van der Waals surface area contributed by atoms with Crippen molar-refractivity contribution in [3.05, 3.63) is 66.1 Å². The van der Waals surface area contributed by atoms with Crippen LogP contribution in [0.15, 0.2) is 42.0 Å². The van der Waals surface area contributed by atoms with E-state index in [1.54, 1.807) is 32.3 Å². The summed E-state index contributed by atoms with van der Waals surface area (Å²) >= 11 is 4.28. The van der Waals surface area contributed by atoms with Crippen molar-refractivity contribution in [1.29, 1.82) is 5.26 Å². The first-order chi connectivity index (χ1) is 12.3. The number of carbonyl (C=O) groups is 1. The lowest BCUT2D eigenvalue weighted by atomic mass is 10.1. The molecule has 0 aliphatic carbocycles. The highest BCUT2D eigenvalue weighted by Crippen LogP contribution is 2.30. The normalized spacial score (nSPS) is 11.0. The molecule has 0 aliphatic heterocycles. The molecule has 0 aromatic heterocycles. The van der Waals surface area contributed by atoms with Gasteiger partial charge in [0.25, 0.3) is 5.91 Å². The number of ether oxygens (including phenoxy) is 1. The summed E-state index contributed by atoms with van der Waals surface area (Å²) in [6.07, 6.45) is 1.56. The summed E-state index contributed by atoms with van der Waals surface area (Å²) in [5.41, 5.74) is 1.54. The summed E-state index contributed by atoms with van der Waals surface area (Å²) in [6.45, 7) is 0.251. The summed E-state index contributed by atoms with van der Waals surface area (Å²) in [6, 6.07) is 11.9. The molecule has 0 bridgehead atoms. The average Bonchev–Trinajstić information content (AvgIpc) is 2.58. The molecule has 0 heterocycles. The standard InChI is InChI=1S/C19H15FI2N2O2/c1-24(2)19(25)14(10-23)6-13-8-16(21)18(17(22)9-13)26-11-12-4-3-5-15(20)7-12/h3-9H,11H2,1-2H3/b14-6-. The predicted molar refractivity (Wildman–Crippen MR) is 115 cm³/mol. The van der Waals surface area contributed by atoms with E-state index in [1.165, 1.54) is 17.0 Å². The van der Waals surface area contributed by atoms with Crippen molar-refractivity contribution in [2.75, 3.05) is 14.1 Å². The van der Waals surface area contributed by atoms with Crippen molar-refractivity contribution in [2.24, 2.45) is 0 Å². The van der Waals surface area contributed by atoms with Crippen molar-refractivity contribution >= 4 is 57.2 Å². The van der Waals surface area contributed by atoms with Crippen LogP contribution in [0.4, 0.5) is 4.39 Å². The van der Waals surface area contributed by atoms with Gasteiger partial charge in [-0.25, -0.2) is 4.39 Å². The SMILES string of the molecule is CN(C)C(=O)/C(C#N)=C\c1cc(I)c(OCc2cccc(F)c2)c(I)c1. The first-order valence-electron chi connectivity index (χ1n) is 7.51. The number of hydrogen-bond acceptors (Lipinski definition) is 3. The number of nitrogens with zero attached hydrogens (tertiary/aromatic N) is 2. The molecule has 1 amide bonds. The highest BCUT2D eigenvalue weighted by Gasteiger charge is 2.13. The van der Waals surface area contributed by atoms with Gasteiger partial charge in [-0.1, -0.05) is 12.1 Å². The van der Waals surface area contributed by atoms with E-state index in [1.807, 2.05) is 18.2 Å². The minimum absolute atomic E-state index is 0.0648. The highest BCUT2D eigenvalue weighted by atomic mass is 127. The maximum Gasteiger partial charge on any atom is 0.264 e. The van der Waals surface area contributed by atoms with Crippen molar-refractivity contribution in [1.82, 2.24) is 4.90 Å². The van der Waals surface area contributed by atoms with Crippen LogP contribution in [-0.2, 0) is 11.4 Å². The summed E-state index contributed by atoms with van der Waals surface area (Å²) in [5, 5.41) is 9.21. The molecule has 0 atom stereocenters. The summed E-state index contributed by atoms with van der Waals surface area (Å²) in [4.78, 5) is 13.3. The molecule has 0 saturated heterocycles. The van der Waals surface area contributed by atoms with Gasteiger partial charge in [-0.15, -0.1) is 0 Å². The van der Waals surface area contributed by atoms with E-state index < -0.39 is 0 Å². The van der Waals surface area contributed by atoms with Crippen LogP contribution in [0.3, 0.4) is 0 Å². The van der Waals surface area contributed by atoms with E-state index in [-0.39, 0.29) is 23.9 Å². The molecule has 0 N–H and O–H groups in total. The van der Waals surface area contributed by atoms with Crippen LogP contribution in [0.5, 0.6) is 5.75 Å². The molecule has 26 heavy (non-hydrogen) atoms. The Morgan fingerprint density at radius 2 is 1.92 bits per heavy atom. The number of rotatable bonds is 5. The maximum absolute atomic E-state index is 13.3. The van der Waals surface area contributed by atoms with Gasteiger partial charge in [0.15, 0.2) is 0 Å². The van der Waals surface area contributed by atoms with Gasteiger partial charge in [-0.05, 0) is 86.7 Å². The molecular weight excluding hydrogens is 561 g/mol. The van der Waals surface area contributed by atoms with Crippen molar-refractivity contribution in [2.45, 2.75) is 6.61 Å². The maximum atomic E-state index is 13.3. The average molecular weight is 576 g/mol. The number of amides is 1. The number of likely N-dealkylation sites (N-methyl/N-ethyl adjacent to an activating group) is 1. The molecule has 0 aliphatic rings. The molecule has 0 saturated carbocycles. The molecule has 2 aromatic carbocycles. The quantitative estimate of drug-likeness (QED) is 0.297. The van der Waals surface area contributed by atoms with Gasteiger partial charge in [-0.2, -0.15) is 5.26 Å². The number of nitriles is 1. The van der Waals surface area contributed by atoms with E-state index in [9.17, 15) is 14.4 Å². The minimum Gasteiger partial charge on any atom is -0.487 e. The molecule has 0 spiro atoms. The summed E-state index contributed by atoms with van der Waals surface area (Å²) in [7, 11) is 3.20. The van der Waals surface area contributed by atoms with Gasteiger partial charge in [0, 0.05) is 14.1 Å². The zero-order valence-electron chi connectivity index (χ0n) is 14.1. The Kier molecular flexibility index (Phi) is 7.40. The second kappa shape index (κ2) is 9.32. The van der Waals surface area contributed by atoms with Gasteiger partial charge in [0.2, 0.25) is 0 Å². The monoisotopic (exact) mass is 576 g/mol. The number of halogens is 3. The summed E-state index contributed by atoms with van der Waals surface area (Å²) in [5.74, 6) is 0.0413. The van der Waals surface area contributed by atoms with E-state index in [0.717, 1.165) is 18.3 Å². The largest absolute Gasteiger partial charge is 0.487 e. The molecule has 0 radical (unpaired) electrons. The molecule has 7 heteroatoms. The number of carbonyl (C=O) groups excluding carboxylic acids is 1. The lowest BCUT2D eigenvalue weighted by molar-refractivity contribution is -0.124. The Morgan fingerprint density at radius 1 is 1.27 bits per heavy atom. The molecule has 0 fully saturated rings. The van der Waals surface area contributed by atoms with Crippen molar-refractivity contribution in [3.8, 4) is 11.8 Å². The first-order valence-corrected chi connectivity index (χ1v) is 9.67. The third-order valence-corrected chi connectivity index (χ3v) is 4.96. The van der Waals surface area contributed by atoms with Crippen molar-refractivity contribution < 1.29 is 13.9 Å². The third kappa shape index (κ3) is 5.41. The van der Waals surface area contributed by atoms with Crippen LogP contribution in [0.1, 0.15) is 11.1 Å². The third-order valence-electron chi connectivity index (χ3n) is 3.36. The molecule has 2 rings (SSSR count). The zero-order valence-corrected chi connectivity index (χ0v) is 18.4. The summed E-state index contributed by atoms with van der Waals surface area (Å²) < 4.78 is 20.8. The fourth-order valence-electron chi connectivity index (χ4n) is 2.13. The van der Waals surface area contributed by atoms with Crippen LogP contribution >= 0.6 is 45.2 Å². The Labute approximate surface area is 178 Å². The van der Waals surface area contributed by atoms with Gasteiger partial charge in [-0.3, -0.25) is 4.79 Å². The Balaban J connectivity index is 2.25. The molecule has 2 aromatic rings. The Morgan fingerprint density at radius 3 is 2.46 bits per heavy atom. The fraction of sp³-hybridized carbons (Fsp3) is 0.158. The number of benzene rings is 2. The second-order valence-electron chi connectivity index (χ2n) is 5.60. The molecule has 4 nitrogen and oxygen atoms in total. The van der Waals surface area contributed by atoms with Crippen molar-refractivity contribution in [3.63, 3.8) is 0 Å². The van der Waals surface area contributed by atoms with Gasteiger partial charge < -0.3 is 9.64 Å². The van der Waals surface area contributed by atoms with E-state index in [0.29, 0.717) is 5.75 Å². The topological polar surface area (TPSA) is 53.3 Å². The second-order valence-corrected chi connectivity index (χ2v) is 7.93. The van der Waals surface area contributed by atoms with Crippen LogP contribution in [0.25, 0.3) is 6.08 Å². The van der Waals surface area contributed by atoms with Crippen LogP contribution in [-0.4, -0.2) is 24.9 Å². The molecule has 134 valence electrons. The molecule has 0 unspecified atom stereocenters. The predicted octanol–water partition coefficient (Wildman–Crippen LogP) is 4.61. The first kappa shape index (κ1) is 20.6. The lowest BCUT2D eigenvalue weighted by Crippen LogP contribution is -2.22. The molecular formula is C19H15FI2N2O2. The van der Waals surface area contributed by atoms with E-state index in [2.05, 4.69) is 45.2 Å². The van der Waals surface area contributed by atoms with Gasteiger partial charge >= 0.3 is 0 Å². The minimum atomic E-state index is -0.344. The van der Waals surface area contributed by atoms with Crippen LogP contribution < -0.4 is 4.74 Å². The Hall–Kier alpha value is -1.67. The lowest BCUT2D eigenvalue weighted by Gasteiger charge is -2.12. The smallest absolute Gasteiger partial charge is 0.264 e. The van der Waals surface area contributed by atoms with Gasteiger partial charge in [0.1, 0.15) is 29.8 Å². The number of hydrogen-bond donors (Lipinski definition) is 0. The van der Waals surface area contributed by atoms with E-state index >= 15 is 0 Å². The van der Waals surface area contributed by atoms with E-state index in [4.69, 9.17) is 4.74 Å².